The van der Waals surface area contributed by atoms with Gasteiger partial charge in [-0.05, 0) is 36.2 Å². The van der Waals surface area contributed by atoms with Crippen LogP contribution < -0.4 is 10.1 Å². The summed E-state index contributed by atoms with van der Waals surface area (Å²) in [5.41, 5.74) is 3.46. The molecule has 0 unspecified atom stereocenters. The van der Waals surface area contributed by atoms with E-state index >= 15 is 0 Å². The predicted molar refractivity (Wildman–Crippen MR) is 109 cm³/mol. The van der Waals surface area contributed by atoms with E-state index < -0.39 is 0 Å². The quantitative estimate of drug-likeness (QED) is 0.563. The van der Waals surface area contributed by atoms with Crippen LogP contribution in [0.4, 0.5) is 0 Å². The van der Waals surface area contributed by atoms with Crippen molar-refractivity contribution in [3.05, 3.63) is 54.2 Å². The molecule has 0 saturated carbocycles. The van der Waals surface area contributed by atoms with Gasteiger partial charge in [-0.1, -0.05) is 23.5 Å². The molecule has 2 aromatic heterocycles. The van der Waals surface area contributed by atoms with Crippen molar-refractivity contribution in [3.63, 3.8) is 0 Å². The lowest BCUT2D eigenvalue weighted by atomic mass is 10.1. The van der Waals surface area contributed by atoms with Gasteiger partial charge in [-0.3, -0.25) is 4.90 Å². The molecule has 0 radical (unpaired) electrons. The lowest BCUT2D eigenvalue weighted by Gasteiger charge is -2.26. The first-order valence-corrected chi connectivity index (χ1v) is 10.2. The minimum absolute atomic E-state index is 0.683. The van der Waals surface area contributed by atoms with E-state index in [4.69, 9.17) is 4.74 Å². The number of likely N-dealkylation sites (tertiary alicyclic amines) is 1. The van der Waals surface area contributed by atoms with Crippen LogP contribution in [0.3, 0.4) is 0 Å². The zero-order valence-corrected chi connectivity index (χ0v) is 15.6. The first kappa shape index (κ1) is 15.6. The number of aromatic nitrogens is 2. The second-order valence-electron chi connectivity index (χ2n) is 7.50. The topological polar surface area (TPSA) is 53.2 Å². The molecule has 2 atom stereocenters. The Bertz CT molecular complexity index is 1100. The number of para-hydroxylation sites is 1. The molecule has 2 bridgehead atoms. The molecular weight excluding hydrogens is 356 g/mol. The second-order valence-corrected chi connectivity index (χ2v) is 8.49. The third-order valence-corrected chi connectivity index (χ3v) is 6.68. The van der Waals surface area contributed by atoms with Crippen LogP contribution in [0, 0.1) is 0 Å². The van der Waals surface area contributed by atoms with Gasteiger partial charge in [0.05, 0.1) is 10.2 Å². The average molecular weight is 376 g/mol. The summed E-state index contributed by atoms with van der Waals surface area (Å²) >= 11 is 1.57. The fourth-order valence-corrected chi connectivity index (χ4v) is 5.25. The van der Waals surface area contributed by atoms with E-state index in [0.29, 0.717) is 17.3 Å². The molecule has 2 fully saturated rings. The van der Waals surface area contributed by atoms with Gasteiger partial charge < -0.3 is 15.0 Å². The lowest BCUT2D eigenvalue weighted by Crippen LogP contribution is -2.42. The highest BCUT2D eigenvalue weighted by Crippen LogP contribution is 2.33. The highest BCUT2D eigenvalue weighted by molar-refractivity contribution is 7.20. The minimum Gasteiger partial charge on any atom is -0.431 e. The number of thiazole rings is 1. The highest BCUT2D eigenvalue weighted by atomic mass is 32.1. The van der Waals surface area contributed by atoms with Gasteiger partial charge in [0.15, 0.2) is 0 Å². The number of benzene rings is 2. The number of aromatic amines is 1. The Labute approximate surface area is 161 Å². The number of H-pyrrole nitrogens is 1. The van der Waals surface area contributed by atoms with Gasteiger partial charge in [-0.25, -0.2) is 4.98 Å². The standard InChI is InChI=1S/C21H20N4OS/c1-2-4-20-18(3-1)24-21(27-20)26-16-5-6-17-13(9-23-19(17)8-16)11-25-12-14-7-15(25)10-22-14/h1-6,8-9,14-15,22-23H,7,10-12H2/t14-,15-/m0/s1. The third-order valence-electron chi connectivity index (χ3n) is 5.76. The molecule has 6 rings (SSSR count). The van der Waals surface area contributed by atoms with Crippen LogP contribution in [0.2, 0.25) is 0 Å². The maximum atomic E-state index is 6.02. The molecule has 2 aliphatic rings. The summed E-state index contributed by atoms with van der Waals surface area (Å²) in [4.78, 5) is 10.6. The Morgan fingerprint density at radius 1 is 1.22 bits per heavy atom. The Morgan fingerprint density at radius 2 is 2.19 bits per heavy atom. The van der Waals surface area contributed by atoms with Crippen LogP contribution in [0.15, 0.2) is 48.7 Å². The molecule has 2 aliphatic heterocycles. The fraction of sp³-hybridized carbons (Fsp3) is 0.286. The van der Waals surface area contributed by atoms with Gasteiger partial charge in [0.2, 0.25) is 0 Å². The molecule has 27 heavy (non-hydrogen) atoms. The van der Waals surface area contributed by atoms with Crippen molar-refractivity contribution >= 4 is 32.5 Å². The van der Waals surface area contributed by atoms with Crippen molar-refractivity contribution in [2.24, 2.45) is 0 Å². The summed E-state index contributed by atoms with van der Waals surface area (Å²) in [5, 5.41) is 5.54. The molecule has 5 nitrogen and oxygen atoms in total. The van der Waals surface area contributed by atoms with Gasteiger partial charge in [0, 0.05) is 54.9 Å². The molecule has 0 aliphatic carbocycles. The van der Waals surface area contributed by atoms with Gasteiger partial charge in [-0.2, -0.15) is 0 Å². The minimum atomic E-state index is 0.683. The van der Waals surface area contributed by atoms with Gasteiger partial charge in [-0.15, -0.1) is 0 Å². The van der Waals surface area contributed by atoms with Gasteiger partial charge in [0.1, 0.15) is 5.75 Å². The molecule has 4 aromatic rings. The third kappa shape index (κ3) is 2.72. The van der Waals surface area contributed by atoms with Crippen molar-refractivity contribution < 1.29 is 4.74 Å². The summed E-state index contributed by atoms with van der Waals surface area (Å²) in [5.74, 6) is 0.819. The molecule has 2 N–H and O–H groups in total. The fourth-order valence-electron chi connectivity index (χ4n) is 4.41. The number of rotatable bonds is 4. The summed E-state index contributed by atoms with van der Waals surface area (Å²) < 4.78 is 7.17. The van der Waals surface area contributed by atoms with Crippen molar-refractivity contribution in [1.29, 1.82) is 0 Å². The largest absolute Gasteiger partial charge is 0.431 e. The van der Waals surface area contributed by atoms with Crippen molar-refractivity contribution in [3.8, 4) is 10.9 Å². The number of hydrogen-bond donors (Lipinski definition) is 2. The molecule has 136 valence electrons. The van der Waals surface area contributed by atoms with Crippen LogP contribution in [-0.2, 0) is 6.54 Å². The molecule has 2 aromatic carbocycles. The summed E-state index contributed by atoms with van der Waals surface area (Å²) in [6.45, 7) is 3.31. The Balaban J connectivity index is 1.25. The molecular formula is C21H20N4OS. The lowest BCUT2D eigenvalue weighted by molar-refractivity contribution is 0.218. The number of ether oxygens (including phenoxy) is 1. The van der Waals surface area contributed by atoms with Crippen molar-refractivity contribution in [2.45, 2.75) is 25.0 Å². The van der Waals surface area contributed by atoms with Crippen LogP contribution in [0.1, 0.15) is 12.0 Å². The first-order chi connectivity index (χ1) is 13.3. The van der Waals surface area contributed by atoms with E-state index in [1.807, 2.05) is 24.3 Å². The smallest absolute Gasteiger partial charge is 0.279 e. The normalized spacial score (nSPS) is 22.2. The van der Waals surface area contributed by atoms with Crippen LogP contribution in [0.25, 0.3) is 21.1 Å². The summed E-state index contributed by atoms with van der Waals surface area (Å²) in [7, 11) is 0. The number of hydrogen-bond acceptors (Lipinski definition) is 5. The average Bonchev–Trinajstić information content (AvgIpc) is 3.45. The number of nitrogens with one attached hydrogen (secondary N) is 2. The maximum absolute atomic E-state index is 6.02. The zero-order valence-electron chi connectivity index (χ0n) is 14.8. The van der Waals surface area contributed by atoms with Crippen LogP contribution in [-0.4, -0.2) is 40.0 Å². The highest BCUT2D eigenvalue weighted by Gasteiger charge is 2.37. The molecule has 6 heteroatoms. The Hall–Kier alpha value is -2.41. The van der Waals surface area contributed by atoms with Crippen molar-refractivity contribution in [1.82, 2.24) is 20.2 Å². The number of fused-ring (bicyclic) bond motifs is 4. The monoisotopic (exact) mass is 376 g/mol. The molecule has 2 saturated heterocycles. The van der Waals surface area contributed by atoms with Crippen LogP contribution >= 0.6 is 11.3 Å². The second kappa shape index (κ2) is 6.05. The zero-order chi connectivity index (χ0) is 17.8. The first-order valence-electron chi connectivity index (χ1n) is 9.43. The maximum Gasteiger partial charge on any atom is 0.279 e. The summed E-state index contributed by atoms with van der Waals surface area (Å²) in [6.07, 6.45) is 3.44. The number of piperazine rings is 1. The molecule has 4 heterocycles. The predicted octanol–water partition coefficient (Wildman–Crippen LogP) is 4.12. The summed E-state index contributed by atoms with van der Waals surface area (Å²) in [6, 6.07) is 15.8. The molecule has 0 spiro atoms. The van der Waals surface area contributed by atoms with Gasteiger partial charge in [0.25, 0.3) is 5.19 Å². The Morgan fingerprint density at radius 3 is 3.04 bits per heavy atom. The van der Waals surface area contributed by atoms with Gasteiger partial charge >= 0.3 is 0 Å². The number of nitrogens with zero attached hydrogens (tertiary/aromatic N) is 2. The van der Waals surface area contributed by atoms with Crippen molar-refractivity contribution in [2.75, 3.05) is 13.1 Å². The molecule has 0 amide bonds. The van der Waals surface area contributed by atoms with E-state index in [9.17, 15) is 0 Å². The SMILES string of the molecule is c1ccc2sc(Oc3ccc4c(CN5C[C@@H]6C[C@H]5CN6)c[nH]c4c3)nc2c1. The van der Waals surface area contributed by atoms with E-state index in [2.05, 4.69) is 44.6 Å². The van der Waals surface area contributed by atoms with E-state index in [1.165, 1.54) is 17.4 Å². The van der Waals surface area contributed by atoms with E-state index in [1.54, 1.807) is 11.3 Å². The Kier molecular flexibility index (Phi) is 3.50. The van der Waals surface area contributed by atoms with E-state index in [-0.39, 0.29) is 0 Å². The van der Waals surface area contributed by atoms with Crippen LogP contribution in [0.5, 0.6) is 10.9 Å². The van der Waals surface area contributed by atoms with E-state index in [0.717, 1.165) is 41.1 Å².